The van der Waals surface area contributed by atoms with E-state index in [1.54, 1.807) is 36.4 Å². The van der Waals surface area contributed by atoms with Gasteiger partial charge in [-0.15, -0.1) is 0 Å². The molecule has 6 heteroatoms. The second-order valence-electron chi connectivity index (χ2n) is 5.89. The average molecular weight is 300 g/mol. The van der Waals surface area contributed by atoms with E-state index in [2.05, 4.69) is 15.3 Å². The van der Waals surface area contributed by atoms with Gasteiger partial charge in [-0.05, 0) is 42.9 Å². The standard InChI is InChI=1S/C16H20N4O2/c1-20-7-6-18-15(20)16(22)19-14(12-9-13(21)10-12)8-11-2-4-17-5-3-11/h2-7,12-14,21H,8-10H2,1H3,(H,19,22). The van der Waals surface area contributed by atoms with Gasteiger partial charge in [-0.1, -0.05) is 0 Å². The molecule has 2 heterocycles. The second kappa shape index (κ2) is 6.27. The zero-order chi connectivity index (χ0) is 15.5. The van der Waals surface area contributed by atoms with Crippen molar-refractivity contribution in [3.63, 3.8) is 0 Å². The van der Waals surface area contributed by atoms with Crippen LogP contribution in [-0.4, -0.2) is 37.7 Å². The van der Waals surface area contributed by atoms with Crippen molar-refractivity contribution in [2.75, 3.05) is 0 Å². The van der Waals surface area contributed by atoms with Crippen molar-refractivity contribution in [1.82, 2.24) is 19.9 Å². The molecule has 1 saturated carbocycles. The molecule has 0 saturated heterocycles. The van der Waals surface area contributed by atoms with Crippen LogP contribution in [-0.2, 0) is 13.5 Å². The van der Waals surface area contributed by atoms with Crippen molar-refractivity contribution in [1.29, 1.82) is 0 Å². The van der Waals surface area contributed by atoms with Crippen LogP contribution in [0.5, 0.6) is 0 Å². The number of rotatable bonds is 5. The molecule has 0 aliphatic heterocycles. The first-order valence-electron chi connectivity index (χ1n) is 7.48. The molecule has 1 aliphatic rings. The molecule has 22 heavy (non-hydrogen) atoms. The Hall–Kier alpha value is -2.21. The van der Waals surface area contributed by atoms with E-state index in [9.17, 15) is 9.90 Å². The Morgan fingerprint density at radius 2 is 2.14 bits per heavy atom. The van der Waals surface area contributed by atoms with E-state index in [1.165, 1.54) is 0 Å². The Morgan fingerprint density at radius 3 is 2.73 bits per heavy atom. The summed E-state index contributed by atoms with van der Waals surface area (Å²) in [6, 6.07) is 3.90. The third-order valence-corrected chi connectivity index (χ3v) is 4.26. The maximum Gasteiger partial charge on any atom is 0.287 e. The molecule has 1 unspecified atom stereocenters. The van der Waals surface area contributed by atoms with Crippen LogP contribution in [0.4, 0.5) is 0 Å². The number of aromatic nitrogens is 3. The highest BCUT2D eigenvalue weighted by molar-refractivity contribution is 5.91. The summed E-state index contributed by atoms with van der Waals surface area (Å²) in [6.07, 6.45) is 8.82. The fourth-order valence-corrected chi connectivity index (χ4v) is 2.88. The SMILES string of the molecule is Cn1ccnc1C(=O)NC(Cc1ccncc1)C1CC(O)C1. The summed E-state index contributed by atoms with van der Waals surface area (Å²) >= 11 is 0. The average Bonchev–Trinajstić information content (AvgIpc) is 2.91. The highest BCUT2D eigenvalue weighted by atomic mass is 16.3. The largest absolute Gasteiger partial charge is 0.393 e. The number of hydrogen-bond donors (Lipinski definition) is 2. The van der Waals surface area contributed by atoms with E-state index in [0.29, 0.717) is 11.7 Å². The van der Waals surface area contributed by atoms with Crippen LogP contribution in [0.3, 0.4) is 0 Å². The molecule has 2 aromatic rings. The third kappa shape index (κ3) is 3.17. The molecule has 6 nitrogen and oxygen atoms in total. The summed E-state index contributed by atoms with van der Waals surface area (Å²) in [5.41, 5.74) is 1.13. The molecule has 2 N–H and O–H groups in total. The van der Waals surface area contributed by atoms with Gasteiger partial charge in [-0.25, -0.2) is 4.98 Å². The number of amides is 1. The van der Waals surface area contributed by atoms with Crippen LogP contribution in [0, 0.1) is 5.92 Å². The quantitative estimate of drug-likeness (QED) is 0.861. The van der Waals surface area contributed by atoms with Gasteiger partial charge in [-0.3, -0.25) is 9.78 Å². The normalized spacial score (nSPS) is 21.9. The summed E-state index contributed by atoms with van der Waals surface area (Å²) in [5.74, 6) is 0.528. The molecule has 0 bridgehead atoms. The van der Waals surface area contributed by atoms with Gasteiger partial charge in [0.05, 0.1) is 6.10 Å². The Labute approximate surface area is 129 Å². The molecule has 1 fully saturated rings. The number of imidazole rings is 1. The van der Waals surface area contributed by atoms with E-state index in [-0.39, 0.29) is 18.1 Å². The van der Waals surface area contributed by atoms with E-state index >= 15 is 0 Å². The number of nitrogens with zero attached hydrogens (tertiary/aromatic N) is 3. The minimum absolute atomic E-state index is 0.00463. The van der Waals surface area contributed by atoms with Crippen molar-refractivity contribution in [2.24, 2.45) is 13.0 Å². The lowest BCUT2D eigenvalue weighted by Gasteiger charge is -2.38. The lowest BCUT2D eigenvalue weighted by atomic mass is 9.75. The fraction of sp³-hybridized carbons (Fsp3) is 0.438. The maximum atomic E-state index is 12.4. The monoisotopic (exact) mass is 300 g/mol. The number of carbonyl (C=O) groups is 1. The second-order valence-corrected chi connectivity index (χ2v) is 5.89. The lowest BCUT2D eigenvalue weighted by molar-refractivity contribution is 0.0238. The summed E-state index contributed by atoms with van der Waals surface area (Å²) in [6.45, 7) is 0. The van der Waals surface area contributed by atoms with Crippen molar-refractivity contribution >= 4 is 5.91 Å². The summed E-state index contributed by atoms with van der Waals surface area (Å²) in [7, 11) is 1.80. The first-order chi connectivity index (χ1) is 10.6. The molecular formula is C16H20N4O2. The fourth-order valence-electron chi connectivity index (χ4n) is 2.88. The lowest BCUT2D eigenvalue weighted by Crippen LogP contribution is -2.48. The summed E-state index contributed by atoms with van der Waals surface area (Å²) < 4.78 is 1.70. The van der Waals surface area contributed by atoms with Gasteiger partial charge >= 0.3 is 0 Å². The van der Waals surface area contributed by atoms with Gasteiger partial charge in [0.25, 0.3) is 5.91 Å². The smallest absolute Gasteiger partial charge is 0.287 e. The van der Waals surface area contributed by atoms with Gasteiger partial charge < -0.3 is 15.0 Å². The number of aryl methyl sites for hydroxylation is 1. The molecular weight excluding hydrogens is 280 g/mol. The Kier molecular flexibility index (Phi) is 4.20. The highest BCUT2D eigenvalue weighted by Gasteiger charge is 2.35. The van der Waals surface area contributed by atoms with Crippen LogP contribution in [0.1, 0.15) is 29.0 Å². The van der Waals surface area contributed by atoms with Crippen molar-refractivity contribution in [2.45, 2.75) is 31.4 Å². The summed E-state index contributed by atoms with van der Waals surface area (Å²) in [5, 5.41) is 12.6. The van der Waals surface area contributed by atoms with E-state index in [4.69, 9.17) is 0 Å². The van der Waals surface area contributed by atoms with E-state index in [0.717, 1.165) is 24.8 Å². The Morgan fingerprint density at radius 1 is 1.41 bits per heavy atom. The van der Waals surface area contributed by atoms with Crippen molar-refractivity contribution in [3.05, 3.63) is 48.3 Å². The van der Waals surface area contributed by atoms with Crippen molar-refractivity contribution < 1.29 is 9.90 Å². The predicted octanol–water partition coefficient (Wildman–Crippen LogP) is 0.927. The summed E-state index contributed by atoms with van der Waals surface area (Å²) in [4.78, 5) is 20.5. The minimum Gasteiger partial charge on any atom is -0.393 e. The number of pyridine rings is 1. The topological polar surface area (TPSA) is 80.0 Å². The molecule has 3 rings (SSSR count). The van der Waals surface area contributed by atoms with Crippen LogP contribution in [0.2, 0.25) is 0 Å². The van der Waals surface area contributed by atoms with E-state index < -0.39 is 0 Å². The number of carbonyl (C=O) groups excluding carboxylic acids is 1. The van der Waals surface area contributed by atoms with Gasteiger partial charge in [0.15, 0.2) is 5.82 Å². The molecule has 2 aromatic heterocycles. The molecule has 1 atom stereocenters. The molecule has 0 radical (unpaired) electrons. The number of hydrogen-bond acceptors (Lipinski definition) is 4. The van der Waals surface area contributed by atoms with Gasteiger partial charge in [0.1, 0.15) is 0 Å². The number of aliphatic hydroxyl groups is 1. The van der Waals surface area contributed by atoms with Crippen LogP contribution >= 0.6 is 0 Å². The van der Waals surface area contributed by atoms with Crippen LogP contribution < -0.4 is 5.32 Å². The van der Waals surface area contributed by atoms with Gasteiger partial charge in [-0.2, -0.15) is 0 Å². The maximum absolute atomic E-state index is 12.4. The highest BCUT2D eigenvalue weighted by Crippen LogP contribution is 2.31. The van der Waals surface area contributed by atoms with Crippen LogP contribution in [0.25, 0.3) is 0 Å². The predicted molar refractivity (Wildman–Crippen MR) is 81.1 cm³/mol. The molecule has 0 aromatic carbocycles. The van der Waals surface area contributed by atoms with Crippen molar-refractivity contribution in [3.8, 4) is 0 Å². The first kappa shape index (κ1) is 14.7. The molecule has 1 amide bonds. The Balaban J connectivity index is 1.71. The van der Waals surface area contributed by atoms with Crippen LogP contribution in [0.15, 0.2) is 36.9 Å². The van der Waals surface area contributed by atoms with Gasteiger partial charge in [0, 0.05) is 37.9 Å². The zero-order valence-corrected chi connectivity index (χ0v) is 12.5. The Bertz CT molecular complexity index is 635. The van der Waals surface area contributed by atoms with E-state index in [1.807, 2.05) is 12.1 Å². The minimum atomic E-state index is -0.241. The molecule has 116 valence electrons. The number of nitrogens with one attached hydrogen (secondary N) is 1. The third-order valence-electron chi connectivity index (χ3n) is 4.26. The van der Waals surface area contributed by atoms with Gasteiger partial charge in [0.2, 0.25) is 0 Å². The number of aliphatic hydroxyl groups excluding tert-OH is 1. The molecule has 1 aliphatic carbocycles. The zero-order valence-electron chi connectivity index (χ0n) is 12.5. The first-order valence-corrected chi connectivity index (χ1v) is 7.48. The molecule has 0 spiro atoms.